The van der Waals surface area contributed by atoms with Crippen LogP contribution in [0.2, 0.25) is 0 Å². The van der Waals surface area contributed by atoms with Crippen LogP contribution in [0.15, 0.2) is 53.5 Å². The highest BCUT2D eigenvalue weighted by molar-refractivity contribution is 6.09. The molecule has 0 unspecified atom stereocenters. The summed E-state index contributed by atoms with van der Waals surface area (Å²) in [6.07, 6.45) is 0. The van der Waals surface area contributed by atoms with E-state index in [-0.39, 0.29) is 29.6 Å². The molecule has 0 aliphatic carbocycles. The van der Waals surface area contributed by atoms with Crippen LogP contribution in [0, 0.1) is 0 Å². The van der Waals surface area contributed by atoms with Gasteiger partial charge in [-0.1, -0.05) is 24.3 Å². The third-order valence-electron chi connectivity index (χ3n) is 4.40. The van der Waals surface area contributed by atoms with Gasteiger partial charge in [-0.05, 0) is 42.3 Å². The molecule has 29 heavy (non-hydrogen) atoms. The molecule has 6 nitrogen and oxygen atoms in total. The van der Waals surface area contributed by atoms with Crippen molar-refractivity contribution in [1.82, 2.24) is 4.90 Å². The number of halogens is 4. The van der Waals surface area contributed by atoms with E-state index in [1.165, 1.54) is 53.4 Å². The Labute approximate surface area is 163 Å². The number of alkyl halides is 4. The van der Waals surface area contributed by atoms with Gasteiger partial charge in [0.15, 0.2) is 11.5 Å². The number of amides is 1. The number of hydrogen-bond donors (Lipinski definition) is 1. The highest BCUT2D eigenvalue weighted by Gasteiger charge is 2.50. The fourth-order valence-electron chi connectivity index (χ4n) is 3.20. The number of likely N-dealkylation sites (N-methyl/N-ethyl adjacent to an activating group) is 1. The van der Waals surface area contributed by atoms with E-state index in [4.69, 9.17) is 5.73 Å². The minimum atomic E-state index is -3.05. The predicted molar refractivity (Wildman–Crippen MR) is 95.9 cm³/mol. The van der Waals surface area contributed by atoms with Gasteiger partial charge in [-0.25, -0.2) is 4.99 Å². The normalized spacial score (nSPS) is 19.1. The van der Waals surface area contributed by atoms with Crippen molar-refractivity contribution in [2.24, 2.45) is 10.7 Å². The molecule has 10 heteroatoms. The molecule has 3 rings (SSSR count). The Hall–Kier alpha value is -3.30. The number of aliphatic imine (C=N–C) groups is 1. The maximum atomic E-state index is 13.3. The summed E-state index contributed by atoms with van der Waals surface area (Å²) in [5.41, 5.74) is 4.79. The first-order chi connectivity index (χ1) is 13.8. The van der Waals surface area contributed by atoms with E-state index in [0.29, 0.717) is 5.56 Å². The maximum absolute atomic E-state index is 13.3. The van der Waals surface area contributed by atoms with Crippen molar-refractivity contribution in [1.29, 1.82) is 0 Å². The first-order valence-electron chi connectivity index (χ1n) is 8.56. The average molecular weight is 411 g/mol. The van der Waals surface area contributed by atoms with Crippen LogP contribution in [0.5, 0.6) is 11.5 Å². The second-order valence-corrected chi connectivity index (χ2v) is 6.04. The Morgan fingerprint density at radius 3 is 2.17 bits per heavy atom. The number of benzene rings is 2. The Morgan fingerprint density at radius 1 is 1.00 bits per heavy atom. The number of ether oxygens (including phenoxy) is 2. The molecule has 0 radical (unpaired) electrons. The molecule has 0 fully saturated rings. The topological polar surface area (TPSA) is 77.2 Å². The maximum Gasteiger partial charge on any atom is 0.387 e. The zero-order chi connectivity index (χ0) is 21.2. The van der Waals surface area contributed by atoms with Gasteiger partial charge < -0.3 is 15.2 Å². The largest absolute Gasteiger partial charge is 0.435 e. The first-order valence-corrected chi connectivity index (χ1v) is 8.56. The van der Waals surface area contributed by atoms with E-state index in [9.17, 15) is 22.4 Å². The van der Waals surface area contributed by atoms with E-state index in [1.54, 1.807) is 6.92 Å². The van der Waals surface area contributed by atoms with Crippen molar-refractivity contribution < 1.29 is 31.8 Å². The molecule has 2 aromatic rings. The van der Waals surface area contributed by atoms with E-state index in [0.717, 1.165) is 0 Å². The average Bonchev–Trinajstić information content (AvgIpc) is 2.92. The minimum Gasteiger partial charge on any atom is -0.435 e. The van der Waals surface area contributed by atoms with Crippen molar-refractivity contribution in [2.45, 2.75) is 25.7 Å². The lowest BCUT2D eigenvalue weighted by Crippen LogP contribution is -2.43. The van der Waals surface area contributed by atoms with Gasteiger partial charge in [0.1, 0.15) is 11.5 Å². The summed E-state index contributed by atoms with van der Waals surface area (Å²) < 4.78 is 58.9. The molecule has 0 saturated carbocycles. The van der Waals surface area contributed by atoms with E-state index < -0.39 is 24.7 Å². The van der Waals surface area contributed by atoms with Crippen molar-refractivity contribution in [3.8, 4) is 11.5 Å². The quantitative estimate of drug-likeness (QED) is 0.710. The summed E-state index contributed by atoms with van der Waals surface area (Å²) in [6.45, 7) is -4.12. The summed E-state index contributed by atoms with van der Waals surface area (Å²) in [4.78, 5) is 18.8. The molecule has 1 aliphatic rings. The summed E-state index contributed by atoms with van der Waals surface area (Å²) in [6, 6.07) is 10.9. The Kier molecular flexibility index (Phi) is 5.62. The number of nitrogens with two attached hydrogens (primary N) is 1. The van der Waals surface area contributed by atoms with Crippen LogP contribution in [0.25, 0.3) is 0 Å². The molecule has 2 aromatic carbocycles. The van der Waals surface area contributed by atoms with Gasteiger partial charge in [0.2, 0.25) is 0 Å². The van der Waals surface area contributed by atoms with Gasteiger partial charge in [0.25, 0.3) is 5.91 Å². The third-order valence-corrected chi connectivity index (χ3v) is 4.40. The third kappa shape index (κ3) is 3.82. The van der Waals surface area contributed by atoms with Crippen LogP contribution in [0.3, 0.4) is 0 Å². The number of hydrogen-bond acceptors (Lipinski definition) is 5. The van der Waals surface area contributed by atoms with E-state index in [2.05, 4.69) is 14.5 Å². The molecule has 1 atom stereocenters. The van der Waals surface area contributed by atoms with Crippen LogP contribution < -0.4 is 15.2 Å². The molecule has 0 saturated heterocycles. The van der Waals surface area contributed by atoms with Gasteiger partial charge >= 0.3 is 13.2 Å². The van der Waals surface area contributed by atoms with Gasteiger partial charge in [-0.15, -0.1) is 0 Å². The van der Waals surface area contributed by atoms with Crippen LogP contribution in [-0.4, -0.2) is 36.5 Å². The molecule has 0 spiro atoms. The lowest BCUT2D eigenvalue weighted by atomic mass is 9.82. The standard InChI is InChI=1S/C19H17F4N3O3/c1-2-26-15(27)19(25-18(26)24,11-6-8-13(9-7-11)28-16(20)21)12-4-3-5-14(10-12)29-17(22)23/h3-10,16-17H,2H2,1H3,(H2,24,25)/t19-/m1/s1. The van der Waals surface area contributed by atoms with Gasteiger partial charge in [0.05, 0.1) is 0 Å². The van der Waals surface area contributed by atoms with E-state index >= 15 is 0 Å². The molecule has 1 amide bonds. The highest BCUT2D eigenvalue weighted by Crippen LogP contribution is 2.41. The molecule has 154 valence electrons. The molecule has 0 aromatic heterocycles. The molecule has 1 heterocycles. The Morgan fingerprint density at radius 2 is 1.62 bits per heavy atom. The number of carbonyl (C=O) groups excluding carboxylic acids is 1. The summed E-state index contributed by atoms with van der Waals surface area (Å²) in [5, 5.41) is 0. The number of rotatable bonds is 7. The Balaban J connectivity index is 2.13. The van der Waals surface area contributed by atoms with Gasteiger partial charge in [-0.2, -0.15) is 17.6 Å². The zero-order valence-corrected chi connectivity index (χ0v) is 15.2. The zero-order valence-electron chi connectivity index (χ0n) is 15.2. The summed E-state index contributed by atoms with van der Waals surface area (Å²) in [5.74, 6) is -0.825. The lowest BCUT2D eigenvalue weighted by Gasteiger charge is -2.27. The van der Waals surface area contributed by atoms with Crippen molar-refractivity contribution in [3.63, 3.8) is 0 Å². The van der Waals surface area contributed by atoms with Crippen molar-refractivity contribution >= 4 is 11.9 Å². The second-order valence-electron chi connectivity index (χ2n) is 6.04. The molecular formula is C19H17F4N3O3. The number of guanidine groups is 1. The summed E-state index contributed by atoms with van der Waals surface area (Å²) in [7, 11) is 0. The molecular weight excluding hydrogens is 394 g/mol. The Bertz CT molecular complexity index is 921. The van der Waals surface area contributed by atoms with E-state index in [1.807, 2.05) is 0 Å². The summed E-state index contributed by atoms with van der Waals surface area (Å²) >= 11 is 0. The minimum absolute atomic E-state index is 0.0504. The first kappa shape index (κ1) is 20.4. The van der Waals surface area contributed by atoms with Crippen LogP contribution >= 0.6 is 0 Å². The monoisotopic (exact) mass is 411 g/mol. The smallest absolute Gasteiger partial charge is 0.387 e. The van der Waals surface area contributed by atoms with Crippen molar-refractivity contribution in [3.05, 3.63) is 59.7 Å². The number of nitrogens with zero attached hydrogens (tertiary/aromatic N) is 2. The molecule has 2 N–H and O–H groups in total. The fourth-order valence-corrected chi connectivity index (χ4v) is 3.20. The number of carbonyl (C=O) groups is 1. The highest BCUT2D eigenvalue weighted by atomic mass is 19.3. The fraction of sp³-hybridized carbons (Fsp3) is 0.263. The molecule has 0 bridgehead atoms. The molecule has 1 aliphatic heterocycles. The van der Waals surface area contributed by atoms with Crippen LogP contribution in [0.4, 0.5) is 17.6 Å². The van der Waals surface area contributed by atoms with Crippen LogP contribution in [0.1, 0.15) is 18.1 Å². The van der Waals surface area contributed by atoms with Gasteiger partial charge in [0, 0.05) is 6.54 Å². The lowest BCUT2D eigenvalue weighted by molar-refractivity contribution is -0.130. The predicted octanol–water partition coefficient (Wildman–Crippen LogP) is 3.31. The SMILES string of the molecule is CCN1C(=O)[C@@](c2ccc(OC(F)F)cc2)(c2cccc(OC(F)F)c2)N=C1N. The van der Waals surface area contributed by atoms with Crippen LogP contribution in [-0.2, 0) is 10.3 Å². The second kappa shape index (κ2) is 7.98. The van der Waals surface area contributed by atoms with Crippen molar-refractivity contribution in [2.75, 3.05) is 6.54 Å². The van der Waals surface area contributed by atoms with Gasteiger partial charge in [-0.3, -0.25) is 9.69 Å².